The van der Waals surface area contributed by atoms with Crippen LogP contribution >= 0.6 is 0 Å². The highest BCUT2D eigenvalue weighted by atomic mass is 16.4. The van der Waals surface area contributed by atoms with Gasteiger partial charge in [-0.2, -0.15) is 0 Å². The minimum absolute atomic E-state index is 0.0734. The number of amides is 2. The standard InChI is InChI=1S/C16H26N2O4/c1-17(15(20)12-5-3-2-4-6-12)11-14(19)18-9-7-13(8-10-18)16(21)22/h12-13H,2-11H2,1H3,(H,21,22). The quantitative estimate of drug-likeness (QED) is 0.850. The molecule has 0 radical (unpaired) electrons. The monoisotopic (exact) mass is 310 g/mol. The van der Waals surface area contributed by atoms with Crippen LogP contribution in [0.15, 0.2) is 0 Å². The molecule has 2 aliphatic rings. The zero-order chi connectivity index (χ0) is 16.1. The predicted molar refractivity (Wildman–Crippen MR) is 81.2 cm³/mol. The molecule has 2 fully saturated rings. The lowest BCUT2D eigenvalue weighted by molar-refractivity contribution is -0.147. The molecule has 1 heterocycles. The second-order valence-corrected chi connectivity index (χ2v) is 6.52. The fourth-order valence-electron chi connectivity index (χ4n) is 3.42. The predicted octanol–water partition coefficient (Wildman–Crippen LogP) is 1.35. The number of rotatable bonds is 4. The Morgan fingerprint density at radius 2 is 1.59 bits per heavy atom. The molecule has 124 valence electrons. The Hall–Kier alpha value is -1.59. The maximum absolute atomic E-state index is 12.3. The van der Waals surface area contributed by atoms with Crippen molar-refractivity contribution in [3.8, 4) is 0 Å². The lowest BCUT2D eigenvalue weighted by Crippen LogP contribution is -2.46. The van der Waals surface area contributed by atoms with E-state index in [2.05, 4.69) is 0 Å². The summed E-state index contributed by atoms with van der Waals surface area (Å²) in [4.78, 5) is 38.7. The molecule has 0 aromatic heterocycles. The fourth-order valence-corrected chi connectivity index (χ4v) is 3.42. The van der Waals surface area contributed by atoms with E-state index in [1.807, 2.05) is 0 Å². The van der Waals surface area contributed by atoms with Crippen molar-refractivity contribution in [3.63, 3.8) is 0 Å². The fraction of sp³-hybridized carbons (Fsp3) is 0.812. The topological polar surface area (TPSA) is 77.9 Å². The highest BCUT2D eigenvalue weighted by Crippen LogP contribution is 2.25. The van der Waals surface area contributed by atoms with Crippen LogP contribution in [0.5, 0.6) is 0 Å². The first-order chi connectivity index (χ1) is 10.5. The molecule has 0 atom stereocenters. The summed E-state index contributed by atoms with van der Waals surface area (Å²) in [5.74, 6) is -1.05. The summed E-state index contributed by atoms with van der Waals surface area (Å²) >= 11 is 0. The largest absolute Gasteiger partial charge is 0.481 e. The van der Waals surface area contributed by atoms with Crippen LogP contribution in [0, 0.1) is 11.8 Å². The van der Waals surface area contributed by atoms with Crippen molar-refractivity contribution < 1.29 is 19.5 Å². The second kappa shape index (κ2) is 7.61. The van der Waals surface area contributed by atoms with E-state index in [9.17, 15) is 14.4 Å². The molecule has 1 aliphatic carbocycles. The van der Waals surface area contributed by atoms with E-state index < -0.39 is 5.97 Å². The number of carboxylic acid groups (broad SMARTS) is 1. The summed E-state index contributed by atoms with van der Waals surface area (Å²) in [5, 5.41) is 8.97. The van der Waals surface area contributed by atoms with Crippen molar-refractivity contribution in [2.75, 3.05) is 26.7 Å². The summed E-state index contributed by atoms with van der Waals surface area (Å²) < 4.78 is 0. The number of piperidine rings is 1. The first kappa shape index (κ1) is 16.8. The summed E-state index contributed by atoms with van der Waals surface area (Å²) in [5.41, 5.74) is 0. The van der Waals surface area contributed by atoms with Gasteiger partial charge in [0.2, 0.25) is 11.8 Å². The van der Waals surface area contributed by atoms with Gasteiger partial charge in [-0.15, -0.1) is 0 Å². The maximum atomic E-state index is 12.3. The summed E-state index contributed by atoms with van der Waals surface area (Å²) in [7, 11) is 1.69. The number of hydrogen-bond donors (Lipinski definition) is 1. The minimum atomic E-state index is -0.781. The number of likely N-dealkylation sites (tertiary alicyclic amines) is 1. The van der Waals surface area contributed by atoms with Gasteiger partial charge in [-0.1, -0.05) is 19.3 Å². The van der Waals surface area contributed by atoms with Gasteiger partial charge in [0.15, 0.2) is 0 Å². The van der Waals surface area contributed by atoms with Gasteiger partial charge in [0, 0.05) is 26.1 Å². The molecule has 0 unspecified atom stereocenters. The van der Waals surface area contributed by atoms with Crippen LogP contribution in [0.25, 0.3) is 0 Å². The van der Waals surface area contributed by atoms with Gasteiger partial charge < -0.3 is 14.9 Å². The van der Waals surface area contributed by atoms with Gasteiger partial charge in [0.1, 0.15) is 0 Å². The number of aliphatic carboxylic acids is 1. The zero-order valence-electron chi connectivity index (χ0n) is 13.3. The van der Waals surface area contributed by atoms with Crippen molar-refractivity contribution >= 4 is 17.8 Å². The Morgan fingerprint density at radius 3 is 2.14 bits per heavy atom. The molecule has 22 heavy (non-hydrogen) atoms. The summed E-state index contributed by atoms with van der Waals surface area (Å²) in [6, 6.07) is 0. The number of hydrogen-bond acceptors (Lipinski definition) is 3. The van der Waals surface area contributed by atoms with Crippen LogP contribution < -0.4 is 0 Å². The first-order valence-corrected chi connectivity index (χ1v) is 8.24. The molecule has 6 nitrogen and oxygen atoms in total. The average Bonchev–Trinajstić information content (AvgIpc) is 2.54. The van der Waals surface area contributed by atoms with E-state index in [1.165, 1.54) is 6.42 Å². The van der Waals surface area contributed by atoms with Crippen LogP contribution in [0.1, 0.15) is 44.9 Å². The lowest BCUT2D eigenvalue weighted by atomic mass is 9.88. The molecule has 1 saturated heterocycles. The van der Waals surface area contributed by atoms with E-state index in [4.69, 9.17) is 5.11 Å². The molecule has 1 aliphatic heterocycles. The normalized spacial score (nSPS) is 20.7. The number of nitrogens with zero attached hydrogens (tertiary/aromatic N) is 2. The zero-order valence-corrected chi connectivity index (χ0v) is 13.3. The van der Waals surface area contributed by atoms with Crippen LogP contribution in [-0.4, -0.2) is 59.4 Å². The smallest absolute Gasteiger partial charge is 0.306 e. The van der Waals surface area contributed by atoms with Crippen molar-refractivity contribution in [2.24, 2.45) is 11.8 Å². The van der Waals surface area contributed by atoms with Crippen LogP contribution in [0.4, 0.5) is 0 Å². The van der Waals surface area contributed by atoms with E-state index in [1.54, 1.807) is 16.8 Å². The lowest BCUT2D eigenvalue weighted by Gasteiger charge is -2.32. The van der Waals surface area contributed by atoms with Crippen LogP contribution in [-0.2, 0) is 14.4 Å². The van der Waals surface area contributed by atoms with E-state index in [-0.39, 0.29) is 30.2 Å². The van der Waals surface area contributed by atoms with E-state index >= 15 is 0 Å². The van der Waals surface area contributed by atoms with Gasteiger partial charge in [-0.25, -0.2) is 0 Å². The first-order valence-electron chi connectivity index (χ1n) is 8.24. The number of carbonyl (C=O) groups excluding carboxylic acids is 2. The van der Waals surface area contributed by atoms with Crippen molar-refractivity contribution in [1.82, 2.24) is 9.80 Å². The SMILES string of the molecule is CN(CC(=O)N1CCC(C(=O)O)CC1)C(=O)C1CCCCC1. The van der Waals surface area contributed by atoms with Crippen molar-refractivity contribution in [1.29, 1.82) is 0 Å². The Balaban J connectivity index is 1.78. The van der Waals surface area contributed by atoms with Gasteiger partial charge in [0.05, 0.1) is 12.5 Å². The van der Waals surface area contributed by atoms with Gasteiger partial charge in [0.25, 0.3) is 0 Å². The highest BCUT2D eigenvalue weighted by molar-refractivity contribution is 5.86. The Morgan fingerprint density at radius 1 is 1.00 bits per heavy atom. The van der Waals surface area contributed by atoms with Crippen molar-refractivity contribution in [2.45, 2.75) is 44.9 Å². The minimum Gasteiger partial charge on any atom is -0.481 e. The van der Waals surface area contributed by atoms with Crippen LogP contribution in [0.3, 0.4) is 0 Å². The van der Waals surface area contributed by atoms with E-state index in [0.29, 0.717) is 25.9 Å². The molecular weight excluding hydrogens is 284 g/mol. The van der Waals surface area contributed by atoms with Crippen molar-refractivity contribution in [3.05, 3.63) is 0 Å². The third-order valence-electron chi connectivity index (χ3n) is 4.90. The third-order valence-corrected chi connectivity index (χ3v) is 4.90. The Bertz CT molecular complexity index is 424. The van der Waals surface area contributed by atoms with E-state index in [0.717, 1.165) is 25.7 Å². The molecule has 0 aromatic carbocycles. The maximum Gasteiger partial charge on any atom is 0.306 e. The molecule has 0 aromatic rings. The average molecular weight is 310 g/mol. The highest BCUT2D eigenvalue weighted by Gasteiger charge is 2.29. The molecule has 1 saturated carbocycles. The molecule has 6 heteroatoms. The second-order valence-electron chi connectivity index (χ2n) is 6.52. The van der Waals surface area contributed by atoms with Gasteiger partial charge >= 0.3 is 5.97 Å². The molecule has 0 bridgehead atoms. The number of likely N-dealkylation sites (N-methyl/N-ethyl adjacent to an activating group) is 1. The third kappa shape index (κ3) is 4.21. The molecule has 2 rings (SSSR count). The molecular formula is C16H26N2O4. The van der Waals surface area contributed by atoms with Gasteiger partial charge in [-0.3, -0.25) is 14.4 Å². The number of carbonyl (C=O) groups is 3. The Kier molecular flexibility index (Phi) is 5.80. The summed E-state index contributed by atoms with van der Waals surface area (Å²) in [6.45, 7) is 1.05. The Labute approximate surface area is 131 Å². The van der Waals surface area contributed by atoms with Gasteiger partial charge in [-0.05, 0) is 25.7 Å². The molecule has 1 N–H and O–H groups in total. The van der Waals surface area contributed by atoms with Crippen LogP contribution in [0.2, 0.25) is 0 Å². The molecule has 0 spiro atoms. The molecule has 2 amide bonds. The number of carboxylic acids is 1. The summed E-state index contributed by atoms with van der Waals surface area (Å²) in [6.07, 6.45) is 6.26.